The van der Waals surface area contributed by atoms with E-state index in [1.165, 1.54) is 16.7 Å². The summed E-state index contributed by atoms with van der Waals surface area (Å²) in [4.78, 5) is 4.80. The van der Waals surface area contributed by atoms with Gasteiger partial charge in [0, 0.05) is 32.7 Å². The summed E-state index contributed by atoms with van der Waals surface area (Å²) in [6.45, 7) is 11.8. The van der Waals surface area contributed by atoms with Crippen molar-refractivity contribution >= 4 is 0 Å². The van der Waals surface area contributed by atoms with Gasteiger partial charge in [0.15, 0.2) is 0 Å². The average Bonchev–Trinajstić information content (AvgIpc) is 2.37. The Morgan fingerprint density at radius 3 is 2.35 bits per heavy atom. The van der Waals surface area contributed by atoms with Crippen molar-refractivity contribution in [3.8, 4) is 0 Å². The molecule has 114 valence electrons. The van der Waals surface area contributed by atoms with Crippen molar-refractivity contribution in [3.05, 3.63) is 34.9 Å². The van der Waals surface area contributed by atoms with Crippen molar-refractivity contribution in [2.24, 2.45) is 11.7 Å². The number of nitrogens with zero attached hydrogens (tertiary/aromatic N) is 2. The molecule has 0 spiro atoms. The second-order valence-corrected chi connectivity index (χ2v) is 6.40. The SMILES string of the molecule is Cc1cc(CN)ccc1CN(CCN(C)C)CC(C)C. The van der Waals surface area contributed by atoms with E-state index in [4.69, 9.17) is 5.73 Å². The Kier molecular flexibility index (Phi) is 7.20. The molecular formula is C17H31N3. The molecule has 0 fully saturated rings. The molecule has 0 aromatic heterocycles. The number of hydrogen-bond acceptors (Lipinski definition) is 3. The number of benzene rings is 1. The zero-order valence-corrected chi connectivity index (χ0v) is 13.8. The molecule has 0 aliphatic carbocycles. The lowest BCUT2D eigenvalue weighted by molar-refractivity contribution is 0.211. The topological polar surface area (TPSA) is 32.5 Å². The van der Waals surface area contributed by atoms with Gasteiger partial charge in [-0.25, -0.2) is 0 Å². The Hall–Kier alpha value is -0.900. The third-order valence-corrected chi connectivity index (χ3v) is 3.52. The van der Waals surface area contributed by atoms with E-state index in [1.54, 1.807) is 0 Å². The van der Waals surface area contributed by atoms with Gasteiger partial charge in [0.05, 0.1) is 0 Å². The molecule has 1 aromatic carbocycles. The van der Waals surface area contributed by atoms with Crippen LogP contribution < -0.4 is 5.73 Å². The maximum Gasteiger partial charge on any atom is 0.0237 e. The van der Waals surface area contributed by atoms with Gasteiger partial charge in [-0.3, -0.25) is 4.90 Å². The lowest BCUT2D eigenvalue weighted by Crippen LogP contribution is -2.34. The van der Waals surface area contributed by atoms with E-state index in [-0.39, 0.29) is 0 Å². The molecule has 0 aliphatic heterocycles. The fourth-order valence-corrected chi connectivity index (χ4v) is 2.40. The van der Waals surface area contributed by atoms with Crippen LogP contribution >= 0.6 is 0 Å². The third-order valence-electron chi connectivity index (χ3n) is 3.52. The van der Waals surface area contributed by atoms with E-state index in [9.17, 15) is 0 Å². The lowest BCUT2D eigenvalue weighted by atomic mass is 10.0. The first-order chi connectivity index (χ1) is 9.42. The minimum atomic E-state index is 0.622. The van der Waals surface area contributed by atoms with Crippen molar-refractivity contribution < 1.29 is 0 Å². The Balaban J connectivity index is 2.72. The zero-order chi connectivity index (χ0) is 15.1. The summed E-state index contributed by atoms with van der Waals surface area (Å²) in [7, 11) is 4.27. The number of nitrogens with two attached hydrogens (primary N) is 1. The summed E-state index contributed by atoms with van der Waals surface area (Å²) in [6, 6.07) is 6.61. The van der Waals surface area contributed by atoms with Gasteiger partial charge in [0.2, 0.25) is 0 Å². The molecule has 3 heteroatoms. The van der Waals surface area contributed by atoms with Gasteiger partial charge in [-0.1, -0.05) is 32.0 Å². The predicted molar refractivity (Wildman–Crippen MR) is 87.7 cm³/mol. The molecule has 0 bridgehead atoms. The van der Waals surface area contributed by atoms with Crippen LogP contribution in [0.5, 0.6) is 0 Å². The van der Waals surface area contributed by atoms with Gasteiger partial charge in [0.1, 0.15) is 0 Å². The first-order valence-corrected chi connectivity index (χ1v) is 7.58. The van der Waals surface area contributed by atoms with Crippen molar-refractivity contribution in [1.29, 1.82) is 0 Å². The summed E-state index contributed by atoms with van der Waals surface area (Å²) in [5, 5.41) is 0. The predicted octanol–water partition coefficient (Wildman–Crippen LogP) is 2.47. The summed E-state index contributed by atoms with van der Waals surface area (Å²) in [5.74, 6) is 0.695. The molecule has 0 amide bonds. The van der Waals surface area contributed by atoms with E-state index in [0.29, 0.717) is 12.5 Å². The van der Waals surface area contributed by atoms with Gasteiger partial charge in [-0.2, -0.15) is 0 Å². The molecule has 1 rings (SSSR count). The van der Waals surface area contributed by atoms with E-state index in [0.717, 1.165) is 26.2 Å². The van der Waals surface area contributed by atoms with Gasteiger partial charge in [-0.05, 0) is 43.6 Å². The summed E-state index contributed by atoms with van der Waals surface area (Å²) in [5.41, 5.74) is 9.69. The maximum absolute atomic E-state index is 5.70. The van der Waals surface area contributed by atoms with E-state index in [1.807, 2.05) is 0 Å². The van der Waals surface area contributed by atoms with Gasteiger partial charge in [-0.15, -0.1) is 0 Å². The van der Waals surface area contributed by atoms with Gasteiger partial charge >= 0.3 is 0 Å². The molecule has 2 N–H and O–H groups in total. The Morgan fingerprint density at radius 2 is 1.85 bits per heavy atom. The highest BCUT2D eigenvalue weighted by atomic mass is 15.2. The highest BCUT2D eigenvalue weighted by Crippen LogP contribution is 2.14. The van der Waals surface area contributed by atoms with E-state index < -0.39 is 0 Å². The number of hydrogen-bond donors (Lipinski definition) is 1. The van der Waals surface area contributed by atoms with Crippen molar-refractivity contribution in [2.75, 3.05) is 33.7 Å². The lowest BCUT2D eigenvalue weighted by Gasteiger charge is -2.26. The normalized spacial score (nSPS) is 11.8. The largest absolute Gasteiger partial charge is 0.326 e. The molecule has 3 nitrogen and oxygen atoms in total. The van der Waals surface area contributed by atoms with Crippen LogP contribution in [0.15, 0.2) is 18.2 Å². The molecule has 0 atom stereocenters. The number of rotatable bonds is 8. The molecule has 0 heterocycles. The summed E-state index contributed by atoms with van der Waals surface area (Å²) < 4.78 is 0. The molecule has 0 radical (unpaired) electrons. The van der Waals surface area contributed by atoms with Crippen molar-refractivity contribution in [1.82, 2.24) is 9.80 Å². The first kappa shape index (κ1) is 17.2. The minimum absolute atomic E-state index is 0.622. The standard InChI is InChI=1S/C17H31N3/c1-14(2)12-20(9-8-19(4)5)13-17-7-6-16(11-18)10-15(17)3/h6-7,10,14H,8-9,11-13,18H2,1-5H3. The molecular weight excluding hydrogens is 246 g/mol. The number of aryl methyl sites for hydroxylation is 1. The fraction of sp³-hybridized carbons (Fsp3) is 0.647. The summed E-state index contributed by atoms with van der Waals surface area (Å²) in [6.07, 6.45) is 0. The second kappa shape index (κ2) is 8.40. The Morgan fingerprint density at radius 1 is 1.15 bits per heavy atom. The minimum Gasteiger partial charge on any atom is -0.326 e. The maximum atomic E-state index is 5.70. The summed E-state index contributed by atoms with van der Waals surface area (Å²) >= 11 is 0. The van der Waals surface area contributed by atoms with E-state index in [2.05, 4.69) is 62.9 Å². The molecule has 0 saturated heterocycles. The molecule has 20 heavy (non-hydrogen) atoms. The third kappa shape index (κ3) is 6.04. The van der Waals surface area contributed by atoms with Crippen LogP contribution in [-0.4, -0.2) is 43.5 Å². The highest BCUT2D eigenvalue weighted by molar-refractivity contribution is 5.31. The van der Waals surface area contributed by atoms with Gasteiger partial charge < -0.3 is 10.6 Å². The molecule has 1 aromatic rings. The average molecular weight is 277 g/mol. The molecule has 0 saturated carbocycles. The quantitative estimate of drug-likeness (QED) is 0.792. The Bertz CT molecular complexity index is 399. The highest BCUT2D eigenvalue weighted by Gasteiger charge is 2.10. The van der Waals surface area contributed by atoms with Crippen molar-refractivity contribution in [2.45, 2.75) is 33.9 Å². The monoisotopic (exact) mass is 277 g/mol. The molecule has 0 unspecified atom stereocenters. The number of likely N-dealkylation sites (N-methyl/N-ethyl adjacent to an activating group) is 1. The van der Waals surface area contributed by atoms with Crippen LogP contribution in [-0.2, 0) is 13.1 Å². The van der Waals surface area contributed by atoms with Crippen LogP contribution in [0.25, 0.3) is 0 Å². The smallest absolute Gasteiger partial charge is 0.0237 e. The van der Waals surface area contributed by atoms with Gasteiger partial charge in [0.25, 0.3) is 0 Å². The van der Waals surface area contributed by atoms with Crippen LogP contribution in [0.1, 0.15) is 30.5 Å². The Labute approximate surface area is 124 Å². The van der Waals surface area contributed by atoms with Crippen LogP contribution in [0.4, 0.5) is 0 Å². The first-order valence-electron chi connectivity index (χ1n) is 7.58. The second-order valence-electron chi connectivity index (χ2n) is 6.40. The fourth-order valence-electron chi connectivity index (χ4n) is 2.40. The van der Waals surface area contributed by atoms with E-state index >= 15 is 0 Å². The van der Waals surface area contributed by atoms with Crippen LogP contribution in [0, 0.1) is 12.8 Å². The zero-order valence-electron chi connectivity index (χ0n) is 13.8. The van der Waals surface area contributed by atoms with Crippen molar-refractivity contribution in [3.63, 3.8) is 0 Å². The van der Waals surface area contributed by atoms with Crippen LogP contribution in [0.2, 0.25) is 0 Å². The van der Waals surface area contributed by atoms with Crippen LogP contribution in [0.3, 0.4) is 0 Å². The molecule has 0 aliphatic rings.